The van der Waals surface area contributed by atoms with E-state index in [4.69, 9.17) is 4.42 Å². The van der Waals surface area contributed by atoms with Gasteiger partial charge in [-0.05, 0) is 55.4 Å². The molecule has 2 aromatic heterocycles. The number of rotatable bonds is 5. The van der Waals surface area contributed by atoms with E-state index in [1.165, 1.54) is 17.7 Å². The summed E-state index contributed by atoms with van der Waals surface area (Å²) >= 11 is 0. The third-order valence-electron chi connectivity index (χ3n) is 6.82. The first-order chi connectivity index (χ1) is 16.8. The molecular weight excluding hydrogens is 453 g/mol. The molecule has 0 unspecified atom stereocenters. The first-order valence-corrected chi connectivity index (χ1v) is 11.9. The van der Waals surface area contributed by atoms with Gasteiger partial charge in [0.15, 0.2) is 5.58 Å². The van der Waals surface area contributed by atoms with Crippen LogP contribution in [-0.4, -0.2) is 28.5 Å². The third kappa shape index (κ3) is 4.99. The van der Waals surface area contributed by atoms with Gasteiger partial charge in [-0.15, -0.1) is 0 Å². The fourth-order valence-electron chi connectivity index (χ4n) is 4.94. The summed E-state index contributed by atoms with van der Waals surface area (Å²) < 4.78 is 46.5. The van der Waals surface area contributed by atoms with Gasteiger partial charge in [-0.1, -0.05) is 42.5 Å². The molecule has 1 aliphatic rings. The topological polar surface area (TPSA) is 38.4 Å². The van der Waals surface area contributed by atoms with Crippen LogP contribution in [0.4, 0.5) is 13.2 Å². The summed E-state index contributed by atoms with van der Waals surface area (Å²) in [5.74, 6) is 1.19. The van der Waals surface area contributed by atoms with Gasteiger partial charge in [0.2, 0.25) is 0 Å². The van der Waals surface area contributed by atoms with Crippen LogP contribution in [0, 0.1) is 12.8 Å². The molecule has 182 valence electrons. The van der Waals surface area contributed by atoms with Crippen molar-refractivity contribution >= 4 is 17.0 Å². The maximum absolute atomic E-state index is 13.5. The largest absolute Gasteiger partial charge is 0.460 e. The van der Waals surface area contributed by atoms with Gasteiger partial charge in [-0.3, -0.25) is 4.79 Å². The zero-order valence-corrected chi connectivity index (χ0v) is 19.5. The second kappa shape index (κ2) is 9.29. The molecule has 1 saturated heterocycles. The van der Waals surface area contributed by atoms with Crippen molar-refractivity contribution in [3.8, 4) is 0 Å². The summed E-state index contributed by atoms with van der Waals surface area (Å²) in [6.07, 6.45) is -1.49. The molecule has 0 radical (unpaired) electrons. The second-order valence-electron chi connectivity index (χ2n) is 9.34. The molecule has 0 N–H and O–H groups in total. The summed E-state index contributed by atoms with van der Waals surface area (Å²) in [5, 5.41) is 0. The summed E-state index contributed by atoms with van der Waals surface area (Å²) in [6.45, 7) is 3.48. The van der Waals surface area contributed by atoms with Gasteiger partial charge in [-0.25, -0.2) is 0 Å². The van der Waals surface area contributed by atoms with E-state index < -0.39 is 11.7 Å². The Morgan fingerprint density at radius 2 is 1.66 bits per heavy atom. The highest BCUT2D eigenvalue weighted by molar-refractivity contribution is 5.97. The number of hydrogen-bond acceptors (Lipinski definition) is 2. The van der Waals surface area contributed by atoms with Gasteiger partial charge < -0.3 is 13.9 Å². The number of halogens is 3. The number of likely N-dealkylation sites (tertiary alicyclic amines) is 1. The van der Waals surface area contributed by atoms with Gasteiger partial charge in [0, 0.05) is 31.8 Å². The molecule has 4 nitrogen and oxygen atoms in total. The van der Waals surface area contributed by atoms with E-state index in [1.807, 2.05) is 28.5 Å². The fraction of sp³-hybridized carbons (Fsp3) is 0.321. The fourth-order valence-corrected chi connectivity index (χ4v) is 4.94. The van der Waals surface area contributed by atoms with E-state index in [9.17, 15) is 18.0 Å². The maximum Gasteiger partial charge on any atom is 0.416 e. The number of benzene rings is 2. The van der Waals surface area contributed by atoms with Crippen LogP contribution in [0.3, 0.4) is 0 Å². The Labute approximate surface area is 202 Å². The number of piperidine rings is 1. The highest BCUT2D eigenvalue weighted by Gasteiger charge is 2.30. The lowest BCUT2D eigenvalue weighted by Gasteiger charge is -2.32. The molecule has 1 amide bonds. The Balaban J connectivity index is 1.34. The molecule has 2 aromatic carbocycles. The van der Waals surface area contributed by atoms with Gasteiger partial charge in [0.25, 0.3) is 5.91 Å². The van der Waals surface area contributed by atoms with Crippen LogP contribution < -0.4 is 0 Å². The Hall–Kier alpha value is -3.48. The molecule has 0 aliphatic carbocycles. The minimum Gasteiger partial charge on any atom is -0.460 e. The summed E-state index contributed by atoms with van der Waals surface area (Å²) in [5.41, 5.74) is 3.19. The summed E-state index contributed by atoms with van der Waals surface area (Å²) in [6, 6.07) is 19.1. The predicted molar refractivity (Wildman–Crippen MR) is 128 cm³/mol. The Morgan fingerprint density at radius 3 is 2.31 bits per heavy atom. The minimum absolute atomic E-state index is 0.0703. The smallest absolute Gasteiger partial charge is 0.416 e. The number of carbonyl (C=O) groups is 1. The molecule has 4 aromatic rings. The summed E-state index contributed by atoms with van der Waals surface area (Å²) in [4.78, 5) is 15.4. The van der Waals surface area contributed by atoms with Crippen LogP contribution in [0.2, 0.25) is 0 Å². The lowest BCUT2D eigenvalue weighted by molar-refractivity contribution is -0.137. The van der Waals surface area contributed by atoms with Gasteiger partial charge in [0.1, 0.15) is 11.5 Å². The highest BCUT2D eigenvalue weighted by Crippen LogP contribution is 2.31. The number of fused-ring (bicyclic) bond motifs is 1. The number of alkyl halides is 3. The number of amides is 1. The predicted octanol–water partition coefficient (Wildman–Crippen LogP) is 6.70. The van der Waals surface area contributed by atoms with E-state index in [2.05, 4.69) is 24.3 Å². The van der Waals surface area contributed by atoms with Crippen molar-refractivity contribution in [3.63, 3.8) is 0 Å². The van der Waals surface area contributed by atoms with Crippen molar-refractivity contribution < 1.29 is 22.4 Å². The van der Waals surface area contributed by atoms with Crippen LogP contribution in [0.15, 0.2) is 71.1 Å². The van der Waals surface area contributed by atoms with Crippen molar-refractivity contribution in [1.82, 2.24) is 9.47 Å². The minimum atomic E-state index is -4.38. The average molecular weight is 481 g/mol. The Kier molecular flexibility index (Phi) is 6.17. The van der Waals surface area contributed by atoms with E-state index in [0.717, 1.165) is 42.7 Å². The monoisotopic (exact) mass is 480 g/mol. The first-order valence-electron chi connectivity index (χ1n) is 11.9. The summed E-state index contributed by atoms with van der Waals surface area (Å²) in [7, 11) is 0. The van der Waals surface area contributed by atoms with Crippen LogP contribution in [0.5, 0.6) is 0 Å². The van der Waals surface area contributed by atoms with E-state index in [-0.39, 0.29) is 12.5 Å². The molecule has 0 bridgehead atoms. The zero-order valence-electron chi connectivity index (χ0n) is 19.5. The number of carbonyl (C=O) groups excluding carboxylic acids is 1. The third-order valence-corrected chi connectivity index (χ3v) is 6.82. The molecular formula is C28H27F3N2O2. The Bertz CT molecular complexity index is 1310. The second-order valence-corrected chi connectivity index (χ2v) is 9.34. The molecule has 0 atom stereocenters. The molecule has 1 aliphatic heterocycles. The van der Waals surface area contributed by atoms with Gasteiger partial charge in [0.05, 0.1) is 11.1 Å². The molecule has 35 heavy (non-hydrogen) atoms. The van der Waals surface area contributed by atoms with Crippen LogP contribution >= 0.6 is 0 Å². The number of aromatic nitrogens is 1. The van der Waals surface area contributed by atoms with Gasteiger partial charge >= 0.3 is 6.18 Å². The van der Waals surface area contributed by atoms with Crippen molar-refractivity contribution in [3.05, 3.63) is 94.9 Å². The first kappa shape index (κ1) is 23.3. The van der Waals surface area contributed by atoms with Crippen molar-refractivity contribution in [2.75, 3.05) is 13.1 Å². The van der Waals surface area contributed by atoms with Crippen LogP contribution in [0.1, 0.15) is 45.8 Å². The van der Waals surface area contributed by atoms with E-state index >= 15 is 0 Å². The molecule has 1 fully saturated rings. The SMILES string of the molecule is Cc1cc2c(cc(C(=O)N3CCC(Cc4ccccc4)CC3)n2Cc2ccc(C(F)(F)F)cc2)o1. The number of aryl methyl sites for hydroxylation is 1. The Morgan fingerprint density at radius 1 is 0.971 bits per heavy atom. The lowest BCUT2D eigenvalue weighted by atomic mass is 9.90. The van der Waals surface area contributed by atoms with Gasteiger partial charge in [-0.2, -0.15) is 13.2 Å². The van der Waals surface area contributed by atoms with E-state index in [1.54, 1.807) is 6.07 Å². The molecule has 7 heteroatoms. The quantitative estimate of drug-likeness (QED) is 0.319. The standard InChI is InChI=1S/C28H27F3N2O2/c1-19-15-24-26(35-19)17-25(33(24)18-22-7-9-23(10-8-22)28(29,30)31)27(34)32-13-11-21(12-14-32)16-20-5-3-2-4-6-20/h2-10,15,17,21H,11-14,16,18H2,1H3. The maximum atomic E-state index is 13.5. The number of furan rings is 1. The van der Waals surface area contributed by atoms with E-state index in [0.29, 0.717) is 35.8 Å². The highest BCUT2D eigenvalue weighted by atomic mass is 19.4. The van der Waals surface area contributed by atoms with Crippen molar-refractivity contribution in [1.29, 1.82) is 0 Å². The van der Waals surface area contributed by atoms with Crippen molar-refractivity contribution in [2.45, 2.75) is 38.9 Å². The molecule has 0 spiro atoms. The van der Waals surface area contributed by atoms with Crippen LogP contribution in [0.25, 0.3) is 11.1 Å². The molecule has 5 rings (SSSR count). The molecule has 0 saturated carbocycles. The molecule has 3 heterocycles. The lowest BCUT2D eigenvalue weighted by Crippen LogP contribution is -2.39. The zero-order chi connectivity index (χ0) is 24.6. The van der Waals surface area contributed by atoms with Crippen LogP contribution in [-0.2, 0) is 19.1 Å². The average Bonchev–Trinajstić information content (AvgIpc) is 3.36. The number of nitrogens with zero attached hydrogens (tertiary/aromatic N) is 2. The number of hydrogen-bond donors (Lipinski definition) is 0. The van der Waals surface area contributed by atoms with Crippen molar-refractivity contribution in [2.24, 2.45) is 5.92 Å². The normalized spacial score (nSPS) is 15.1.